The van der Waals surface area contributed by atoms with E-state index in [0.29, 0.717) is 18.3 Å². The molecule has 0 radical (unpaired) electrons. The Bertz CT molecular complexity index is 421. The van der Waals surface area contributed by atoms with Gasteiger partial charge >= 0.3 is 0 Å². The van der Waals surface area contributed by atoms with Gasteiger partial charge < -0.3 is 5.32 Å². The van der Waals surface area contributed by atoms with E-state index in [2.05, 4.69) is 20.6 Å². The Morgan fingerprint density at radius 1 is 1.42 bits per heavy atom. The summed E-state index contributed by atoms with van der Waals surface area (Å²) in [6.45, 7) is 5.95. The van der Waals surface area contributed by atoms with Gasteiger partial charge in [-0.2, -0.15) is 0 Å². The number of carbonyl (C=O) groups is 1. The minimum Gasteiger partial charge on any atom is -0.316 e. The van der Waals surface area contributed by atoms with Crippen LogP contribution in [0.1, 0.15) is 37.1 Å². The first-order chi connectivity index (χ1) is 9.13. The SMILES string of the molecule is Cc1cc(C)nc(NC(=O)CCC2CCCNC2)n1. The lowest BCUT2D eigenvalue weighted by Gasteiger charge is -2.22. The molecule has 1 aromatic heterocycles. The lowest BCUT2D eigenvalue weighted by Crippen LogP contribution is -2.30. The minimum absolute atomic E-state index is 0.00979. The molecule has 5 heteroatoms. The van der Waals surface area contributed by atoms with Crippen molar-refractivity contribution in [2.24, 2.45) is 5.92 Å². The number of anilines is 1. The van der Waals surface area contributed by atoms with E-state index in [0.717, 1.165) is 30.9 Å². The van der Waals surface area contributed by atoms with E-state index >= 15 is 0 Å². The van der Waals surface area contributed by atoms with Gasteiger partial charge in [0.25, 0.3) is 0 Å². The highest BCUT2D eigenvalue weighted by atomic mass is 16.1. The molecule has 0 bridgehead atoms. The zero-order valence-electron chi connectivity index (χ0n) is 11.7. The molecule has 1 aliphatic rings. The number of aromatic nitrogens is 2. The highest BCUT2D eigenvalue weighted by Gasteiger charge is 2.14. The van der Waals surface area contributed by atoms with E-state index in [-0.39, 0.29) is 5.91 Å². The van der Waals surface area contributed by atoms with Gasteiger partial charge in [-0.05, 0) is 58.2 Å². The summed E-state index contributed by atoms with van der Waals surface area (Å²) in [5, 5.41) is 6.15. The van der Waals surface area contributed by atoms with Crippen LogP contribution in [0.4, 0.5) is 5.95 Å². The van der Waals surface area contributed by atoms with Crippen molar-refractivity contribution >= 4 is 11.9 Å². The van der Waals surface area contributed by atoms with Crippen molar-refractivity contribution in [2.45, 2.75) is 39.5 Å². The van der Waals surface area contributed by atoms with Gasteiger partial charge in [-0.3, -0.25) is 10.1 Å². The monoisotopic (exact) mass is 262 g/mol. The molecule has 5 nitrogen and oxygen atoms in total. The van der Waals surface area contributed by atoms with Crippen molar-refractivity contribution < 1.29 is 4.79 Å². The van der Waals surface area contributed by atoms with Crippen molar-refractivity contribution in [3.63, 3.8) is 0 Å². The number of piperidine rings is 1. The Morgan fingerprint density at radius 2 is 2.16 bits per heavy atom. The van der Waals surface area contributed by atoms with Crippen LogP contribution in [-0.4, -0.2) is 29.0 Å². The lowest BCUT2D eigenvalue weighted by molar-refractivity contribution is -0.116. The van der Waals surface area contributed by atoms with Gasteiger partial charge in [-0.1, -0.05) is 0 Å². The number of aryl methyl sites for hydroxylation is 2. The average molecular weight is 262 g/mol. The molecule has 1 aromatic rings. The summed E-state index contributed by atoms with van der Waals surface area (Å²) in [6.07, 6.45) is 3.92. The van der Waals surface area contributed by atoms with Crippen LogP contribution in [0.3, 0.4) is 0 Å². The topological polar surface area (TPSA) is 66.9 Å². The zero-order chi connectivity index (χ0) is 13.7. The van der Waals surface area contributed by atoms with Crippen LogP contribution in [0.25, 0.3) is 0 Å². The van der Waals surface area contributed by atoms with E-state index < -0.39 is 0 Å². The standard InChI is InChI=1S/C14H22N4O/c1-10-8-11(2)17-14(16-10)18-13(19)6-5-12-4-3-7-15-9-12/h8,12,15H,3-7,9H2,1-2H3,(H,16,17,18,19). The first kappa shape index (κ1) is 13.9. The number of nitrogens with one attached hydrogen (secondary N) is 2. The molecule has 0 aromatic carbocycles. The van der Waals surface area contributed by atoms with Crippen LogP contribution in [0, 0.1) is 19.8 Å². The first-order valence-electron chi connectivity index (χ1n) is 6.96. The van der Waals surface area contributed by atoms with E-state index in [1.54, 1.807) is 0 Å². The predicted molar refractivity (Wildman–Crippen MR) is 75.0 cm³/mol. The summed E-state index contributed by atoms with van der Waals surface area (Å²) in [5.41, 5.74) is 1.75. The number of hydrogen-bond donors (Lipinski definition) is 2. The Balaban J connectivity index is 1.80. The Labute approximate surface area is 114 Å². The second-order valence-electron chi connectivity index (χ2n) is 5.27. The fraction of sp³-hybridized carbons (Fsp3) is 0.643. The molecule has 0 spiro atoms. The number of rotatable bonds is 4. The zero-order valence-corrected chi connectivity index (χ0v) is 11.7. The largest absolute Gasteiger partial charge is 0.316 e. The van der Waals surface area contributed by atoms with Crippen molar-refractivity contribution in [1.82, 2.24) is 15.3 Å². The van der Waals surface area contributed by atoms with Gasteiger partial charge in [0.05, 0.1) is 0 Å². The normalized spacial score (nSPS) is 19.2. The van der Waals surface area contributed by atoms with Crippen LogP contribution in [0.2, 0.25) is 0 Å². The molecule has 0 saturated carbocycles. The van der Waals surface area contributed by atoms with Crippen molar-refractivity contribution in [3.05, 3.63) is 17.5 Å². The molecule has 1 aliphatic heterocycles. The van der Waals surface area contributed by atoms with Crippen LogP contribution in [0.15, 0.2) is 6.07 Å². The highest BCUT2D eigenvalue weighted by molar-refractivity contribution is 5.88. The van der Waals surface area contributed by atoms with E-state index in [1.165, 1.54) is 12.8 Å². The summed E-state index contributed by atoms with van der Waals surface area (Å²) in [5.74, 6) is 1.06. The third-order valence-corrected chi connectivity index (χ3v) is 3.41. The smallest absolute Gasteiger partial charge is 0.229 e. The van der Waals surface area contributed by atoms with Crippen molar-refractivity contribution in [1.29, 1.82) is 0 Å². The lowest BCUT2D eigenvalue weighted by atomic mass is 9.94. The second kappa shape index (κ2) is 6.61. The van der Waals surface area contributed by atoms with E-state index in [1.807, 2.05) is 19.9 Å². The van der Waals surface area contributed by atoms with Gasteiger partial charge in [-0.15, -0.1) is 0 Å². The molecule has 2 N–H and O–H groups in total. The van der Waals surface area contributed by atoms with Crippen LogP contribution >= 0.6 is 0 Å². The Kier molecular flexibility index (Phi) is 4.85. The Morgan fingerprint density at radius 3 is 2.79 bits per heavy atom. The molecule has 1 amide bonds. The van der Waals surface area contributed by atoms with Crippen molar-refractivity contribution in [3.8, 4) is 0 Å². The summed E-state index contributed by atoms with van der Waals surface area (Å²) >= 11 is 0. The summed E-state index contributed by atoms with van der Waals surface area (Å²) in [6, 6.07) is 1.89. The van der Waals surface area contributed by atoms with Crippen LogP contribution in [0.5, 0.6) is 0 Å². The molecule has 1 fully saturated rings. The Hall–Kier alpha value is -1.49. The molecule has 1 unspecified atom stereocenters. The number of nitrogens with zero attached hydrogens (tertiary/aromatic N) is 2. The maximum absolute atomic E-state index is 11.9. The average Bonchev–Trinajstić information content (AvgIpc) is 2.36. The van der Waals surface area contributed by atoms with Crippen molar-refractivity contribution in [2.75, 3.05) is 18.4 Å². The molecule has 0 aliphatic carbocycles. The fourth-order valence-corrected chi connectivity index (χ4v) is 2.47. The molecular formula is C14H22N4O. The molecule has 1 atom stereocenters. The van der Waals surface area contributed by atoms with Gasteiger partial charge in [-0.25, -0.2) is 9.97 Å². The maximum Gasteiger partial charge on any atom is 0.229 e. The second-order valence-corrected chi connectivity index (χ2v) is 5.27. The summed E-state index contributed by atoms with van der Waals surface area (Å²) < 4.78 is 0. The molecule has 2 rings (SSSR count). The quantitative estimate of drug-likeness (QED) is 0.868. The van der Waals surface area contributed by atoms with Gasteiger partial charge in [0.2, 0.25) is 11.9 Å². The fourth-order valence-electron chi connectivity index (χ4n) is 2.47. The molecule has 104 valence electrons. The maximum atomic E-state index is 11.9. The molecule has 1 saturated heterocycles. The predicted octanol–water partition coefficient (Wildman–Crippen LogP) is 1.81. The summed E-state index contributed by atoms with van der Waals surface area (Å²) in [4.78, 5) is 20.3. The number of amides is 1. The highest BCUT2D eigenvalue weighted by Crippen LogP contribution is 2.16. The third-order valence-electron chi connectivity index (χ3n) is 3.41. The van der Waals surface area contributed by atoms with Gasteiger partial charge in [0.15, 0.2) is 0 Å². The molecule has 19 heavy (non-hydrogen) atoms. The van der Waals surface area contributed by atoms with Gasteiger partial charge in [0, 0.05) is 17.8 Å². The van der Waals surface area contributed by atoms with Crippen LogP contribution < -0.4 is 10.6 Å². The van der Waals surface area contributed by atoms with E-state index in [4.69, 9.17) is 0 Å². The molecule has 2 heterocycles. The number of carbonyl (C=O) groups excluding carboxylic acids is 1. The number of hydrogen-bond acceptors (Lipinski definition) is 4. The third kappa shape index (κ3) is 4.59. The van der Waals surface area contributed by atoms with Crippen LogP contribution in [-0.2, 0) is 4.79 Å². The molecular weight excluding hydrogens is 240 g/mol. The van der Waals surface area contributed by atoms with Gasteiger partial charge in [0.1, 0.15) is 0 Å². The first-order valence-corrected chi connectivity index (χ1v) is 6.96. The van der Waals surface area contributed by atoms with E-state index in [9.17, 15) is 4.79 Å². The summed E-state index contributed by atoms with van der Waals surface area (Å²) in [7, 11) is 0. The minimum atomic E-state index is 0.00979.